The van der Waals surface area contributed by atoms with Crippen LogP contribution in [0.25, 0.3) is 0 Å². The number of methoxy groups -OCH3 is 1. The lowest BCUT2D eigenvalue weighted by Crippen LogP contribution is -2.49. The number of hydrogen-bond acceptors (Lipinski definition) is 6. The smallest absolute Gasteiger partial charge is 0.317 e. The molecule has 1 amide bonds. The van der Waals surface area contributed by atoms with Crippen molar-refractivity contribution in [2.24, 2.45) is 0 Å². The Kier molecular flexibility index (Phi) is 8.41. The van der Waals surface area contributed by atoms with Crippen molar-refractivity contribution in [2.45, 2.75) is 25.4 Å². The lowest BCUT2D eigenvalue weighted by molar-refractivity contribution is -0.142. The summed E-state index contributed by atoms with van der Waals surface area (Å²) in [5, 5.41) is 8.82. The van der Waals surface area contributed by atoms with Gasteiger partial charge in [-0.15, -0.1) is 0 Å². The fraction of sp³-hybridized carbons (Fsp3) is 0.550. The van der Waals surface area contributed by atoms with E-state index in [4.69, 9.17) is 14.6 Å². The first-order chi connectivity index (χ1) is 13.4. The molecular weight excluding hydrogens is 364 g/mol. The van der Waals surface area contributed by atoms with Crippen LogP contribution in [0.4, 0.5) is 0 Å². The molecule has 0 radical (unpaired) electrons. The summed E-state index contributed by atoms with van der Waals surface area (Å²) in [4.78, 5) is 38.8. The molecule has 154 valence electrons. The number of likely N-dealkylation sites (N-methyl/N-ethyl adjacent to an activating group) is 1. The van der Waals surface area contributed by atoms with Gasteiger partial charge in [-0.3, -0.25) is 19.3 Å². The number of carboxylic acid groups (broad SMARTS) is 1. The molecule has 1 aromatic carbocycles. The Balaban J connectivity index is 1.74. The zero-order valence-corrected chi connectivity index (χ0v) is 16.4. The highest BCUT2D eigenvalue weighted by atomic mass is 16.5. The molecule has 1 fully saturated rings. The highest BCUT2D eigenvalue weighted by Gasteiger charge is 2.25. The van der Waals surface area contributed by atoms with E-state index in [9.17, 15) is 14.4 Å². The van der Waals surface area contributed by atoms with Gasteiger partial charge >= 0.3 is 5.97 Å². The van der Waals surface area contributed by atoms with Crippen molar-refractivity contribution in [3.63, 3.8) is 0 Å². The monoisotopic (exact) mass is 392 g/mol. The normalized spacial score (nSPS) is 16.8. The molecular formula is C20H28N2O6. The van der Waals surface area contributed by atoms with E-state index >= 15 is 0 Å². The third-order valence-electron chi connectivity index (χ3n) is 4.62. The van der Waals surface area contributed by atoms with E-state index in [-0.39, 0.29) is 24.3 Å². The highest BCUT2D eigenvalue weighted by Crippen LogP contribution is 2.15. The van der Waals surface area contributed by atoms with Crippen molar-refractivity contribution in [3.8, 4) is 5.75 Å². The van der Waals surface area contributed by atoms with Crippen molar-refractivity contribution in [1.29, 1.82) is 0 Å². The number of aliphatic carboxylic acids is 1. The number of hydrogen-bond donors (Lipinski definition) is 1. The lowest BCUT2D eigenvalue weighted by atomic mass is 10.0. The van der Waals surface area contributed by atoms with Crippen LogP contribution in [0.1, 0.15) is 29.6 Å². The van der Waals surface area contributed by atoms with Gasteiger partial charge in [0.2, 0.25) is 5.91 Å². The SMILES string of the molecule is COc1ccc(C(=O)CCCC(=O)N2CCOC(CN(C)CC(=O)O)C2)cc1. The van der Waals surface area contributed by atoms with Crippen LogP contribution in [0.5, 0.6) is 5.75 Å². The Labute approximate surface area is 165 Å². The predicted octanol–water partition coefficient (Wildman–Crippen LogP) is 1.29. The van der Waals surface area contributed by atoms with E-state index in [1.54, 1.807) is 48.2 Å². The minimum Gasteiger partial charge on any atom is -0.497 e. The average Bonchev–Trinajstić information content (AvgIpc) is 2.67. The van der Waals surface area contributed by atoms with Crippen LogP contribution in [0.3, 0.4) is 0 Å². The van der Waals surface area contributed by atoms with Crippen LogP contribution in [0.15, 0.2) is 24.3 Å². The van der Waals surface area contributed by atoms with Gasteiger partial charge in [-0.2, -0.15) is 0 Å². The van der Waals surface area contributed by atoms with E-state index in [2.05, 4.69) is 0 Å². The Hall–Kier alpha value is -2.45. The summed E-state index contributed by atoms with van der Waals surface area (Å²) in [6, 6.07) is 6.94. The van der Waals surface area contributed by atoms with Gasteiger partial charge < -0.3 is 19.5 Å². The van der Waals surface area contributed by atoms with Gasteiger partial charge in [0, 0.05) is 38.0 Å². The Bertz CT molecular complexity index is 676. The molecule has 0 bridgehead atoms. The van der Waals surface area contributed by atoms with Crippen molar-refractivity contribution in [1.82, 2.24) is 9.80 Å². The van der Waals surface area contributed by atoms with Crippen LogP contribution in [-0.4, -0.2) is 85.6 Å². The van der Waals surface area contributed by atoms with Gasteiger partial charge in [-0.05, 0) is 37.7 Å². The first kappa shape index (κ1) is 21.8. The summed E-state index contributed by atoms with van der Waals surface area (Å²) in [5.41, 5.74) is 0.612. The molecule has 0 aromatic heterocycles. The van der Waals surface area contributed by atoms with E-state index in [1.807, 2.05) is 0 Å². The molecule has 0 spiro atoms. The molecule has 1 N–H and O–H groups in total. The fourth-order valence-corrected chi connectivity index (χ4v) is 3.18. The van der Waals surface area contributed by atoms with Crippen LogP contribution in [-0.2, 0) is 14.3 Å². The van der Waals surface area contributed by atoms with E-state index in [0.29, 0.717) is 56.8 Å². The number of carboxylic acids is 1. The molecule has 1 atom stereocenters. The number of benzene rings is 1. The van der Waals surface area contributed by atoms with E-state index < -0.39 is 5.97 Å². The van der Waals surface area contributed by atoms with Crippen LogP contribution >= 0.6 is 0 Å². The number of ketones is 1. The summed E-state index contributed by atoms with van der Waals surface area (Å²) in [5.74, 6) is -0.197. The maximum atomic E-state index is 12.4. The molecule has 1 aliphatic rings. The number of Topliss-reactive ketones (excluding diaryl/α,β-unsaturated/α-hetero) is 1. The maximum Gasteiger partial charge on any atom is 0.317 e. The predicted molar refractivity (Wildman–Crippen MR) is 103 cm³/mol. The Morgan fingerprint density at radius 3 is 2.61 bits per heavy atom. The third-order valence-corrected chi connectivity index (χ3v) is 4.62. The maximum absolute atomic E-state index is 12.4. The quantitative estimate of drug-likeness (QED) is 0.600. The number of rotatable bonds is 10. The van der Waals surface area contributed by atoms with Crippen molar-refractivity contribution >= 4 is 17.7 Å². The number of amides is 1. The summed E-state index contributed by atoms with van der Waals surface area (Å²) in [6.07, 6.45) is 0.903. The minimum absolute atomic E-state index is 0.00304. The molecule has 1 unspecified atom stereocenters. The first-order valence-electron chi connectivity index (χ1n) is 9.36. The zero-order valence-electron chi connectivity index (χ0n) is 16.4. The molecule has 8 heteroatoms. The standard InChI is InChI=1S/C20H28N2O6/c1-21(14-20(25)26)12-17-13-22(10-11-28-17)19(24)5-3-4-18(23)15-6-8-16(27-2)9-7-15/h6-9,17H,3-5,10-14H2,1-2H3,(H,25,26). The molecule has 28 heavy (non-hydrogen) atoms. The molecule has 1 heterocycles. The van der Waals surface area contributed by atoms with Crippen LogP contribution in [0.2, 0.25) is 0 Å². The molecule has 1 saturated heterocycles. The molecule has 2 rings (SSSR count). The summed E-state index contributed by atoms with van der Waals surface area (Å²) >= 11 is 0. The first-order valence-corrected chi connectivity index (χ1v) is 9.36. The lowest BCUT2D eigenvalue weighted by Gasteiger charge is -2.34. The largest absolute Gasteiger partial charge is 0.497 e. The number of ether oxygens (including phenoxy) is 2. The van der Waals surface area contributed by atoms with E-state index in [0.717, 1.165) is 0 Å². The molecule has 8 nitrogen and oxygen atoms in total. The van der Waals surface area contributed by atoms with Gasteiger partial charge in [0.25, 0.3) is 0 Å². The van der Waals surface area contributed by atoms with Crippen LogP contribution < -0.4 is 4.74 Å². The van der Waals surface area contributed by atoms with Gasteiger partial charge in [0.1, 0.15) is 5.75 Å². The Morgan fingerprint density at radius 2 is 1.96 bits per heavy atom. The van der Waals surface area contributed by atoms with Gasteiger partial charge in [-0.1, -0.05) is 0 Å². The number of carbonyl (C=O) groups is 3. The Morgan fingerprint density at radius 1 is 1.25 bits per heavy atom. The van der Waals surface area contributed by atoms with Crippen LogP contribution in [0, 0.1) is 0 Å². The molecule has 0 saturated carbocycles. The number of carbonyl (C=O) groups excluding carboxylic acids is 2. The second-order valence-electron chi connectivity index (χ2n) is 6.93. The van der Waals surface area contributed by atoms with Gasteiger partial charge in [0.15, 0.2) is 5.78 Å². The number of morpholine rings is 1. The van der Waals surface area contributed by atoms with Crippen molar-refractivity contribution in [3.05, 3.63) is 29.8 Å². The second-order valence-corrected chi connectivity index (χ2v) is 6.93. The van der Waals surface area contributed by atoms with Crippen molar-refractivity contribution < 1.29 is 29.0 Å². The summed E-state index contributed by atoms with van der Waals surface area (Å²) in [7, 11) is 3.28. The fourth-order valence-electron chi connectivity index (χ4n) is 3.18. The van der Waals surface area contributed by atoms with E-state index in [1.165, 1.54) is 0 Å². The minimum atomic E-state index is -0.896. The molecule has 0 aliphatic carbocycles. The van der Waals surface area contributed by atoms with Gasteiger partial charge in [0.05, 0.1) is 26.4 Å². The second kappa shape index (κ2) is 10.8. The summed E-state index contributed by atoms with van der Waals surface area (Å²) < 4.78 is 10.7. The third kappa shape index (κ3) is 6.94. The highest BCUT2D eigenvalue weighted by molar-refractivity contribution is 5.96. The molecule has 1 aliphatic heterocycles. The van der Waals surface area contributed by atoms with Gasteiger partial charge in [-0.25, -0.2) is 0 Å². The zero-order chi connectivity index (χ0) is 20.5. The molecule has 1 aromatic rings. The van der Waals surface area contributed by atoms with Crippen molar-refractivity contribution in [2.75, 3.05) is 46.9 Å². The number of nitrogens with zero attached hydrogens (tertiary/aromatic N) is 2. The topological polar surface area (TPSA) is 96.4 Å². The summed E-state index contributed by atoms with van der Waals surface area (Å²) in [6.45, 7) is 1.77. The average molecular weight is 392 g/mol.